The van der Waals surface area contributed by atoms with Crippen LogP contribution in [-0.2, 0) is 17.3 Å². The van der Waals surface area contributed by atoms with Gasteiger partial charge in [-0.1, -0.05) is 6.07 Å². The molecule has 90 valence electrons. The molecular formula is C11H17NO3S. The van der Waals surface area contributed by atoms with Crippen molar-refractivity contribution in [1.82, 2.24) is 5.32 Å². The third-order valence-corrected chi connectivity index (χ3v) is 2.95. The summed E-state index contributed by atoms with van der Waals surface area (Å²) in [5.41, 5.74) is 0.808. The highest BCUT2D eigenvalue weighted by molar-refractivity contribution is 7.84. The number of rotatable bonds is 6. The Morgan fingerprint density at radius 2 is 2.25 bits per heavy atom. The SMILES string of the molecule is COc1ccc(CNCCS(C)=O)c(O)c1. The lowest BCUT2D eigenvalue weighted by Crippen LogP contribution is -2.19. The van der Waals surface area contributed by atoms with E-state index in [1.165, 1.54) is 0 Å². The predicted molar refractivity (Wildman–Crippen MR) is 65.3 cm³/mol. The first-order valence-corrected chi connectivity index (χ1v) is 6.73. The van der Waals surface area contributed by atoms with Gasteiger partial charge in [-0.15, -0.1) is 0 Å². The standard InChI is InChI=1S/C11H17NO3S/c1-15-10-4-3-9(11(13)7-10)8-12-5-6-16(2)14/h3-4,7,12-13H,5-6,8H2,1-2H3. The molecule has 0 aliphatic heterocycles. The second kappa shape index (κ2) is 6.50. The lowest BCUT2D eigenvalue weighted by atomic mass is 10.2. The molecule has 0 spiro atoms. The van der Waals surface area contributed by atoms with E-state index in [9.17, 15) is 9.32 Å². The van der Waals surface area contributed by atoms with E-state index < -0.39 is 10.8 Å². The molecule has 1 rings (SSSR count). The van der Waals surface area contributed by atoms with E-state index >= 15 is 0 Å². The number of benzene rings is 1. The van der Waals surface area contributed by atoms with E-state index in [1.54, 1.807) is 25.5 Å². The summed E-state index contributed by atoms with van der Waals surface area (Å²) in [5.74, 6) is 1.47. The maximum Gasteiger partial charge on any atom is 0.123 e. The van der Waals surface area contributed by atoms with E-state index in [4.69, 9.17) is 4.74 Å². The van der Waals surface area contributed by atoms with Crippen molar-refractivity contribution in [3.63, 3.8) is 0 Å². The third-order valence-electron chi connectivity index (χ3n) is 2.17. The van der Waals surface area contributed by atoms with Crippen molar-refractivity contribution in [2.45, 2.75) is 6.54 Å². The summed E-state index contributed by atoms with van der Waals surface area (Å²) < 4.78 is 15.8. The average Bonchev–Trinajstić information content (AvgIpc) is 2.25. The lowest BCUT2D eigenvalue weighted by Gasteiger charge is -2.07. The summed E-state index contributed by atoms with van der Waals surface area (Å²) in [6.45, 7) is 1.24. The van der Waals surface area contributed by atoms with Gasteiger partial charge in [-0.2, -0.15) is 0 Å². The predicted octanol–water partition coefficient (Wildman–Crippen LogP) is 0.869. The van der Waals surface area contributed by atoms with Crippen LogP contribution < -0.4 is 10.1 Å². The van der Waals surface area contributed by atoms with Gasteiger partial charge >= 0.3 is 0 Å². The van der Waals surface area contributed by atoms with Gasteiger partial charge in [0, 0.05) is 47.5 Å². The monoisotopic (exact) mass is 243 g/mol. The zero-order valence-electron chi connectivity index (χ0n) is 9.53. The summed E-state index contributed by atoms with van der Waals surface area (Å²) in [6.07, 6.45) is 1.67. The first kappa shape index (κ1) is 13.0. The fraction of sp³-hybridized carbons (Fsp3) is 0.455. The largest absolute Gasteiger partial charge is 0.507 e. The molecule has 16 heavy (non-hydrogen) atoms. The first-order valence-electron chi connectivity index (χ1n) is 5.00. The van der Waals surface area contributed by atoms with Crippen molar-refractivity contribution < 1.29 is 14.1 Å². The maximum atomic E-state index is 10.8. The molecule has 0 fully saturated rings. The van der Waals surface area contributed by atoms with E-state index in [2.05, 4.69) is 5.32 Å². The number of phenols is 1. The van der Waals surface area contributed by atoms with Gasteiger partial charge in [0.1, 0.15) is 11.5 Å². The smallest absolute Gasteiger partial charge is 0.123 e. The van der Waals surface area contributed by atoms with E-state index in [-0.39, 0.29) is 5.75 Å². The van der Waals surface area contributed by atoms with E-state index in [0.717, 1.165) is 5.56 Å². The number of aromatic hydroxyl groups is 1. The summed E-state index contributed by atoms with van der Waals surface area (Å²) in [4.78, 5) is 0. The highest BCUT2D eigenvalue weighted by atomic mass is 32.2. The highest BCUT2D eigenvalue weighted by Crippen LogP contribution is 2.22. The number of phenolic OH excluding ortho intramolecular Hbond substituents is 1. The molecule has 0 saturated carbocycles. The summed E-state index contributed by atoms with van der Waals surface area (Å²) >= 11 is 0. The minimum Gasteiger partial charge on any atom is -0.507 e. The maximum absolute atomic E-state index is 10.8. The second-order valence-electron chi connectivity index (χ2n) is 3.45. The molecular weight excluding hydrogens is 226 g/mol. The molecule has 1 aromatic carbocycles. The Morgan fingerprint density at radius 1 is 1.50 bits per heavy atom. The second-order valence-corrected chi connectivity index (χ2v) is 5.00. The van der Waals surface area contributed by atoms with Crippen LogP contribution in [-0.4, -0.2) is 35.0 Å². The number of methoxy groups -OCH3 is 1. The molecule has 0 aromatic heterocycles. The molecule has 2 N–H and O–H groups in total. The molecule has 5 heteroatoms. The summed E-state index contributed by atoms with van der Waals surface area (Å²) in [7, 11) is 0.780. The number of hydrogen-bond donors (Lipinski definition) is 2. The molecule has 1 unspecified atom stereocenters. The zero-order valence-corrected chi connectivity index (χ0v) is 10.3. The summed E-state index contributed by atoms with van der Waals surface area (Å²) in [5, 5.41) is 12.8. The van der Waals surface area contributed by atoms with Crippen LogP contribution in [0.15, 0.2) is 18.2 Å². The van der Waals surface area contributed by atoms with E-state index in [0.29, 0.717) is 24.6 Å². The van der Waals surface area contributed by atoms with Crippen LogP contribution in [0.4, 0.5) is 0 Å². The van der Waals surface area contributed by atoms with Gasteiger partial charge < -0.3 is 15.2 Å². The van der Waals surface area contributed by atoms with Crippen LogP contribution in [0.2, 0.25) is 0 Å². The fourth-order valence-electron chi connectivity index (χ4n) is 1.26. The van der Waals surface area contributed by atoms with Crippen LogP contribution in [0.5, 0.6) is 11.5 Å². The molecule has 0 heterocycles. The Balaban J connectivity index is 2.45. The Morgan fingerprint density at radius 3 is 2.81 bits per heavy atom. The van der Waals surface area contributed by atoms with Gasteiger partial charge in [-0.3, -0.25) is 4.21 Å². The topological polar surface area (TPSA) is 58.6 Å². The molecule has 0 saturated heterocycles. The number of ether oxygens (including phenoxy) is 1. The van der Waals surface area contributed by atoms with Crippen molar-refractivity contribution in [3.05, 3.63) is 23.8 Å². The Kier molecular flexibility index (Phi) is 5.28. The number of hydrogen-bond acceptors (Lipinski definition) is 4. The lowest BCUT2D eigenvalue weighted by molar-refractivity contribution is 0.406. The molecule has 0 radical (unpaired) electrons. The van der Waals surface area contributed by atoms with Gasteiger partial charge in [0.05, 0.1) is 7.11 Å². The Hall–Kier alpha value is -1.07. The highest BCUT2D eigenvalue weighted by Gasteiger charge is 2.02. The number of nitrogens with one attached hydrogen (secondary N) is 1. The van der Waals surface area contributed by atoms with Crippen LogP contribution in [0.3, 0.4) is 0 Å². The Bertz CT molecular complexity index is 368. The quantitative estimate of drug-likeness (QED) is 0.728. The van der Waals surface area contributed by atoms with Gasteiger partial charge in [-0.25, -0.2) is 0 Å². The van der Waals surface area contributed by atoms with E-state index in [1.807, 2.05) is 6.07 Å². The van der Waals surface area contributed by atoms with Crippen molar-refractivity contribution in [2.24, 2.45) is 0 Å². The van der Waals surface area contributed by atoms with Crippen molar-refractivity contribution in [2.75, 3.05) is 25.7 Å². The summed E-state index contributed by atoms with van der Waals surface area (Å²) in [6, 6.07) is 5.19. The minimum absolute atomic E-state index is 0.212. The molecule has 0 bridgehead atoms. The Labute approximate surface area is 98.1 Å². The zero-order chi connectivity index (χ0) is 12.0. The van der Waals surface area contributed by atoms with Gasteiger partial charge in [0.25, 0.3) is 0 Å². The van der Waals surface area contributed by atoms with Crippen molar-refractivity contribution in [3.8, 4) is 11.5 Å². The van der Waals surface area contributed by atoms with Crippen molar-refractivity contribution in [1.29, 1.82) is 0 Å². The molecule has 0 aliphatic rings. The third kappa shape index (κ3) is 4.20. The average molecular weight is 243 g/mol. The molecule has 1 aromatic rings. The molecule has 4 nitrogen and oxygen atoms in total. The normalized spacial score (nSPS) is 12.4. The minimum atomic E-state index is -0.779. The van der Waals surface area contributed by atoms with Crippen LogP contribution in [0, 0.1) is 0 Å². The van der Waals surface area contributed by atoms with Gasteiger partial charge in [0.2, 0.25) is 0 Å². The van der Waals surface area contributed by atoms with Crippen LogP contribution in [0.1, 0.15) is 5.56 Å². The van der Waals surface area contributed by atoms with Crippen molar-refractivity contribution >= 4 is 10.8 Å². The van der Waals surface area contributed by atoms with Crippen LogP contribution in [0.25, 0.3) is 0 Å². The molecule has 0 aliphatic carbocycles. The molecule has 1 atom stereocenters. The first-order chi connectivity index (χ1) is 7.63. The van der Waals surface area contributed by atoms with Gasteiger partial charge in [0.15, 0.2) is 0 Å². The molecule has 0 amide bonds. The van der Waals surface area contributed by atoms with Crippen LogP contribution >= 0.6 is 0 Å². The van der Waals surface area contributed by atoms with Gasteiger partial charge in [-0.05, 0) is 6.07 Å². The fourth-order valence-corrected chi connectivity index (χ4v) is 1.69.